The molecular formula is C15H18N4O3S. The third-order valence-electron chi connectivity index (χ3n) is 2.61. The summed E-state index contributed by atoms with van der Waals surface area (Å²) in [5.41, 5.74) is 1.02. The van der Waals surface area contributed by atoms with Gasteiger partial charge < -0.3 is 15.4 Å². The van der Waals surface area contributed by atoms with E-state index in [-0.39, 0.29) is 12.5 Å². The first kappa shape index (κ1) is 16.9. The van der Waals surface area contributed by atoms with Gasteiger partial charge in [0.15, 0.2) is 0 Å². The van der Waals surface area contributed by atoms with E-state index in [9.17, 15) is 9.59 Å². The van der Waals surface area contributed by atoms with Crippen LogP contribution in [0.15, 0.2) is 30.5 Å². The fourth-order valence-corrected chi connectivity index (χ4v) is 2.20. The van der Waals surface area contributed by atoms with Crippen molar-refractivity contribution in [1.29, 1.82) is 0 Å². The number of nitrogens with one attached hydrogen (secondary N) is 2. The predicted molar refractivity (Wildman–Crippen MR) is 88.2 cm³/mol. The third-order valence-corrected chi connectivity index (χ3v) is 3.32. The molecule has 23 heavy (non-hydrogen) atoms. The Morgan fingerprint density at radius 1 is 1.22 bits per heavy atom. The van der Waals surface area contributed by atoms with E-state index in [4.69, 9.17) is 4.74 Å². The highest BCUT2D eigenvalue weighted by atomic mass is 32.1. The van der Waals surface area contributed by atoms with Crippen LogP contribution >= 0.6 is 11.5 Å². The van der Waals surface area contributed by atoms with E-state index in [0.717, 1.165) is 10.4 Å². The Morgan fingerprint density at radius 2 is 1.91 bits per heavy atom. The average molecular weight is 334 g/mol. The molecule has 0 aliphatic carbocycles. The number of aromatic nitrogens is 2. The van der Waals surface area contributed by atoms with Crippen LogP contribution in [0.2, 0.25) is 0 Å². The van der Waals surface area contributed by atoms with Gasteiger partial charge in [-0.05, 0) is 50.0 Å². The number of benzene rings is 1. The maximum Gasteiger partial charge on any atom is 0.408 e. The minimum atomic E-state index is -0.624. The number of carbonyl (C=O) groups excluding carboxylic acids is 2. The summed E-state index contributed by atoms with van der Waals surface area (Å²) in [4.78, 5) is 24.2. The van der Waals surface area contributed by atoms with Crippen LogP contribution in [0.1, 0.15) is 20.8 Å². The Labute approximate surface area is 138 Å². The summed E-state index contributed by atoms with van der Waals surface area (Å²) in [7, 11) is 0. The van der Waals surface area contributed by atoms with E-state index in [1.165, 1.54) is 11.5 Å². The molecule has 0 saturated carbocycles. The molecule has 0 bridgehead atoms. The Balaban J connectivity index is 1.82. The number of alkyl carbamates (subject to hydrolysis) is 1. The number of hydrogen-bond donors (Lipinski definition) is 2. The van der Waals surface area contributed by atoms with Crippen molar-refractivity contribution < 1.29 is 14.3 Å². The fourth-order valence-electron chi connectivity index (χ4n) is 1.68. The lowest BCUT2D eigenvalue weighted by molar-refractivity contribution is -0.115. The number of ether oxygens (including phenoxy) is 1. The second kappa shape index (κ2) is 7.19. The van der Waals surface area contributed by atoms with Crippen LogP contribution in [-0.2, 0) is 9.53 Å². The van der Waals surface area contributed by atoms with Crippen LogP contribution in [0.25, 0.3) is 10.4 Å². The van der Waals surface area contributed by atoms with Gasteiger partial charge in [0.1, 0.15) is 12.1 Å². The Bertz CT molecular complexity index is 663. The topological polar surface area (TPSA) is 93.2 Å². The zero-order chi connectivity index (χ0) is 16.9. The van der Waals surface area contributed by atoms with Crippen LogP contribution in [0.4, 0.5) is 10.5 Å². The van der Waals surface area contributed by atoms with E-state index < -0.39 is 11.7 Å². The fraction of sp³-hybridized carbons (Fsp3) is 0.333. The van der Waals surface area contributed by atoms with Gasteiger partial charge >= 0.3 is 6.09 Å². The number of nitrogens with zero attached hydrogens (tertiary/aromatic N) is 2. The summed E-state index contributed by atoms with van der Waals surface area (Å²) < 4.78 is 8.86. The SMILES string of the molecule is CC(C)(C)OC(=O)NCC(=O)Nc1ccc(-c2cnns2)cc1. The summed E-state index contributed by atoms with van der Waals surface area (Å²) in [5, 5.41) is 8.88. The number of carbonyl (C=O) groups is 2. The lowest BCUT2D eigenvalue weighted by atomic mass is 10.2. The number of anilines is 1. The number of hydrogen-bond acceptors (Lipinski definition) is 6. The zero-order valence-electron chi connectivity index (χ0n) is 13.1. The second-order valence-electron chi connectivity index (χ2n) is 5.76. The van der Waals surface area contributed by atoms with Gasteiger partial charge in [-0.25, -0.2) is 4.79 Å². The second-order valence-corrected chi connectivity index (χ2v) is 6.55. The molecule has 122 valence electrons. The molecule has 0 unspecified atom stereocenters. The smallest absolute Gasteiger partial charge is 0.408 e. The van der Waals surface area contributed by atoms with Crippen LogP contribution in [-0.4, -0.2) is 33.7 Å². The maximum atomic E-state index is 11.8. The molecule has 8 heteroatoms. The molecule has 1 aromatic heterocycles. The molecule has 2 amide bonds. The number of rotatable bonds is 4. The first-order valence-corrected chi connectivity index (χ1v) is 7.75. The molecule has 1 aromatic carbocycles. The highest BCUT2D eigenvalue weighted by Gasteiger charge is 2.16. The molecular weight excluding hydrogens is 316 g/mol. The standard InChI is InChI=1S/C15H18N4O3S/c1-15(2,3)22-14(21)16-9-13(20)18-11-6-4-10(5-7-11)12-8-17-19-23-12/h4-8H,9H2,1-3H3,(H,16,21)(H,18,20). The van der Waals surface area contributed by atoms with E-state index in [1.54, 1.807) is 39.1 Å². The van der Waals surface area contributed by atoms with Crippen LogP contribution in [0.3, 0.4) is 0 Å². The van der Waals surface area contributed by atoms with E-state index in [1.807, 2.05) is 12.1 Å². The van der Waals surface area contributed by atoms with Crippen LogP contribution in [0.5, 0.6) is 0 Å². The molecule has 2 rings (SSSR count). The van der Waals surface area contributed by atoms with Gasteiger partial charge in [-0.1, -0.05) is 16.6 Å². The summed E-state index contributed by atoms with van der Waals surface area (Å²) in [6.07, 6.45) is 1.06. The average Bonchev–Trinajstić information content (AvgIpc) is 2.98. The van der Waals surface area contributed by atoms with Crippen molar-refractivity contribution in [1.82, 2.24) is 14.9 Å². The van der Waals surface area contributed by atoms with Gasteiger partial charge in [-0.15, -0.1) is 5.10 Å². The highest BCUT2D eigenvalue weighted by molar-refractivity contribution is 7.09. The molecule has 2 N–H and O–H groups in total. The molecule has 7 nitrogen and oxygen atoms in total. The minimum absolute atomic E-state index is 0.157. The Hall–Kier alpha value is -2.48. The van der Waals surface area contributed by atoms with Crippen molar-refractivity contribution >= 4 is 29.2 Å². The van der Waals surface area contributed by atoms with Crippen LogP contribution in [0, 0.1) is 0 Å². The monoisotopic (exact) mass is 334 g/mol. The van der Waals surface area contributed by atoms with Gasteiger partial charge in [-0.2, -0.15) is 0 Å². The quantitative estimate of drug-likeness (QED) is 0.896. The molecule has 0 fully saturated rings. The van der Waals surface area contributed by atoms with Crippen LogP contribution < -0.4 is 10.6 Å². The highest BCUT2D eigenvalue weighted by Crippen LogP contribution is 2.23. The molecule has 0 spiro atoms. The molecule has 0 atom stereocenters. The zero-order valence-corrected chi connectivity index (χ0v) is 13.9. The van der Waals surface area contributed by atoms with Gasteiger partial charge in [0.25, 0.3) is 0 Å². The summed E-state index contributed by atoms with van der Waals surface area (Å²) in [6, 6.07) is 7.29. The summed E-state index contributed by atoms with van der Waals surface area (Å²) in [6.45, 7) is 5.11. The predicted octanol–water partition coefficient (Wildman–Crippen LogP) is 2.67. The Kier molecular flexibility index (Phi) is 5.28. The molecule has 0 saturated heterocycles. The van der Waals surface area contributed by atoms with Crippen molar-refractivity contribution in [2.24, 2.45) is 0 Å². The molecule has 0 aliphatic heterocycles. The largest absolute Gasteiger partial charge is 0.444 e. The van der Waals surface area contributed by atoms with Crippen molar-refractivity contribution in [2.75, 3.05) is 11.9 Å². The number of amides is 2. The van der Waals surface area contributed by atoms with Crippen molar-refractivity contribution in [3.8, 4) is 10.4 Å². The first-order chi connectivity index (χ1) is 10.8. The normalized spacial score (nSPS) is 10.9. The summed E-state index contributed by atoms with van der Waals surface area (Å²) in [5.74, 6) is -0.330. The molecule has 1 heterocycles. The molecule has 0 aliphatic rings. The summed E-state index contributed by atoms with van der Waals surface area (Å²) >= 11 is 1.30. The molecule has 0 radical (unpaired) electrons. The van der Waals surface area contributed by atoms with Crippen molar-refractivity contribution in [2.45, 2.75) is 26.4 Å². The Morgan fingerprint density at radius 3 is 2.48 bits per heavy atom. The van der Waals surface area contributed by atoms with Gasteiger partial charge in [0.2, 0.25) is 5.91 Å². The maximum absolute atomic E-state index is 11.8. The van der Waals surface area contributed by atoms with E-state index in [0.29, 0.717) is 5.69 Å². The molecule has 2 aromatic rings. The van der Waals surface area contributed by atoms with Gasteiger partial charge in [0.05, 0.1) is 11.1 Å². The van der Waals surface area contributed by atoms with E-state index >= 15 is 0 Å². The van der Waals surface area contributed by atoms with E-state index in [2.05, 4.69) is 20.2 Å². The lowest BCUT2D eigenvalue weighted by Gasteiger charge is -2.19. The van der Waals surface area contributed by atoms with Gasteiger partial charge in [-0.3, -0.25) is 4.79 Å². The lowest BCUT2D eigenvalue weighted by Crippen LogP contribution is -2.37. The van der Waals surface area contributed by atoms with Crippen molar-refractivity contribution in [3.63, 3.8) is 0 Å². The first-order valence-electron chi connectivity index (χ1n) is 6.98. The minimum Gasteiger partial charge on any atom is -0.444 e. The third kappa shape index (κ3) is 5.67. The van der Waals surface area contributed by atoms with Gasteiger partial charge in [0, 0.05) is 5.69 Å². The van der Waals surface area contributed by atoms with Crippen molar-refractivity contribution in [3.05, 3.63) is 30.5 Å².